The fraction of sp³-hybridized carbons (Fsp3) is 0.600. The lowest BCUT2D eigenvalue weighted by atomic mass is 9.88. The van der Waals surface area contributed by atoms with Gasteiger partial charge in [-0.2, -0.15) is 0 Å². The predicted molar refractivity (Wildman–Crippen MR) is 75.7 cm³/mol. The van der Waals surface area contributed by atoms with Crippen molar-refractivity contribution >= 4 is 11.9 Å². The molecule has 2 N–H and O–H groups in total. The topological polar surface area (TPSA) is 79.5 Å². The van der Waals surface area contributed by atoms with Gasteiger partial charge in [0.15, 0.2) is 0 Å². The molecule has 0 aliphatic heterocycles. The Bertz CT molecular complexity index is 460. The lowest BCUT2D eigenvalue weighted by Gasteiger charge is -2.31. The Balaban J connectivity index is 2.90. The third-order valence-corrected chi connectivity index (χ3v) is 3.69. The van der Waals surface area contributed by atoms with E-state index in [0.29, 0.717) is 30.6 Å². The van der Waals surface area contributed by atoms with Crippen LogP contribution in [0.25, 0.3) is 0 Å². The van der Waals surface area contributed by atoms with E-state index < -0.39 is 11.5 Å². The van der Waals surface area contributed by atoms with Crippen LogP contribution in [0.3, 0.4) is 0 Å². The molecule has 0 aromatic carbocycles. The minimum absolute atomic E-state index is 0.0767. The quantitative estimate of drug-likeness (QED) is 0.767. The molecule has 0 saturated carbocycles. The first-order valence-corrected chi connectivity index (χ1v) is 7.08. The molecule has 0 radical (unpaired) electrons. The summed E-state index contributed by atoms with van der Waals surface area (Å²) in [5, 5.41) is 11.9. The largest absolute Gasteiger partial charge is 0.481 e. The van der Waals surface area contributed by atoms with Crippen molar-refractivity contribution in [3.8, 4) is 0 Å². The van der Waals surface area contributed by atoms with E-state index in [0.717, 1.165) is 6.42 Å². The first-order valence-electron chi connectivity index (χ1n) is 7.08. The fourth-order valence-corrected chi connectivity index (χ4v) is 2.28. The van der Waals surface area contributed by atoms with Crippen molar-refractivity contribution in [2.75, 3.05) is 0 Å². The molecule has 1 aromatic rings. The van der Waals surface area contributed by atoms with Crippen LogP contribution in [0.4, 0.5) is 0 Å². The second-order valence-electron chi connectivity index (χ2n) is 5.02. The third kappa shape index (κ3) is 3.85. The monoisotopic (exact) mass is 281 g/mol. The standard InChI is InChI=1S/C15H23NO4/c1-4-7-12-11(8-9-20-12)14(19)16-15(5-2,6-3)10-13(17)18/h8-9H,4-7,10H2,1-3H3,(H,16,19)(H,17,18). The molecule has 20 heavy (non-hydrogen) atoms. The molecular formula is C15H23NO4. The van der Waals surface area contributed by atoms with Gasteiger partial charge in [0, 0.05) is 6.42 Å². The number of nitrogens with one attached hydrogen (secondary N) is 1. The van der Waals surface area contributed by atoms with E-state index in [-0.39, 0.29) is 12.3 Å². The van der Waals surface area contributed by atoms with Gasteiger partial charge in [-0.1, -0.05) is 20.8 Å². The Morgan fingerprint density at radius 1 is 1.30 bits per heavy atom. The SMILES string of the molecule is CCCc1occc1C(=O)NC(CC)(CC)CC(=O)O. The van der Waals surface area contributed by atoms with Crippen LogP contribution < -0.4 is 5.32 Å². The number of amides is 1. The maximum Gasteiger partial charge on any atom is 0.305 e. The van der Waals surface area contributed by atoms with E-state index in [2.05, 4.69) is 5.32 Å². The highest BCUT2D eigenvalue weighted by atomic mass is 16.4. The summed E-state index contributed by atoms with van der Waals surface area (Å²) in [6.45, 7) is 5.78. The average Bonchev–Trinajstić information content (AvgIpc) is 2.86. The summed E-state index contributed by atoms with van der Waals surface area (Å²) >= 11 is 0. The Hall–Kier alpha value is -1.78. The number of carboxylic acid groups (broad SMARTS) is 1. The highest BCUT2D eigenvalue weighted by Gasteiger charge is 2.32. The Kier molecular flexibility index (Phi) is 5.80. The van der Waals surface area contributed by atoms with Gasteiger partial charge in [0.2, 0.25) is 0 Å². The molecule has 1 heterocycles. The minimum Gasteiger partial charge on any atom is -0.481 e. The van der Waals surface area contributed by atoms with Crippen molar-refractivity contribution in [3.05, 3.63) is 23.7 Å². The molecule has 0 unspecified atom stereocenters. The van der Waals surface area contributed by atoms with Gasteiger partial charge in [0.1, 0.15) is 5.76 Å². The number of aryl methyl sites for hydroxylation is 1. The number of carbonyl (C=O) groups excluding carboxylic acids is 1. The Morgan fingerprint density at radius 3 is 2.45 bits per heavy atom. The van der Waals surface area contributed by atoms with Crippen molar-refractivity contribution in [3.63, 3.8) is 0 Å². The highest BCUT2D eigenvalue weighted by molar-refractivity contribution is 5.95. The van der Waals surface area contributed by atoms with E-state index in [1.807, 2.05) is 20.8 Å². The van der Waals surface area contributed by atoms with Crippen LogP contribution in [-0.2, 0) is 11.2 Å². The molecule has 0 spiro atoms. The van der Waals surface area contributed by atoms with Gasteiger partial charge in [0.05, 0.1) is 23.8 Å². The van der Waals surface area contributed by atoms with Gasteiger partial charge in [-0.05, 0) is 25.3 Å². The van der Waals surface area contributed by atoms with Gasteiger partial charge < -0.3 is 14.8 Å². The van der Waals surface area contributed by atoms with Crippen LogP contribution in [-0.4, -0.2) is 22.5 Å². The molecule has 5 heteroatoms. The van der Waals surface area contributed by atoms with E-state index in [9.17, 15) is 9.59 Å². The van der Waals surface area contributed by atoms with Crippen molar-refractivity contribution in [1.82, 2.24) is 5.32 Å². The zero-order chi connectivity index (χ0) is 15.2. The van der Waals surface area contributed by atoms with E-state index >= 15 is 0 Å². The molecule has 0 atom stereocenters. The first kappa shape index (κ1) is 16.3. The summed E-state index contributed by atoms with van der Waals surface area (Å²) < 4.78 is 5.31. The summed E-state index contributed by atoms with van der Waals surface area (Å²) in [7, 11) is 0. The molecule has 0 saturated heterocycles. The number of hydrogen-bond donors (Lipinski definition) is 2. The number of carbonyl (C=O) groups is 2. The number of rotatable bonds is 8. The fourth-order valence-electron chi connectivity index (χ4n) is 2.28. The van der Waals surface area contributed by atoms with Gasteiger partial charge in [-0.25, -0.2) is 0 Å². The van der Waals surface area contributed by atoms with Crippen LogP contribution in [0.1, 0.15) is 62.6 Å². The summed E-state index contributed by atoms with van der Waals surface area (Å²) in [5.41, 5.74) is -0.201. The number of carboxylic acids is 1. The van der Waals surface area contributed by atoms with Crippen LogP contribution in [0.15, 0.2) is 16.7 Å². The minimum atomic E-state index is -0.907. The van der Waals surface area contributed by atoms with Gasteiger partial charge in [-0.3, -0.25) is 9.59 Å². The van der Waals surface area contributed by atoms with Gasteiger partial charge in [0.25, 0.3) is 5.91 Å². The second-order valence-corrected chi connectivity index (χ2v) is 5.02. The maximum absolute atomic E-state index is 12.4. The second kappa shape index (κ2) is 7.12. The molecule has 1 amide bonds. The Morgan fingerprint density at radius 2 is 1.95 bits per heavy atom. The average molecular weight is 281 g/mol. The molecule has 1 aromatic heterocycles. The van der Waals surface area contributed by atoms with E-state index in [1.165, 1.54) is 6.26 Å². The molecule has 0 fully saturated rings. The van der Waals surface area contributed by atoms with E-state index in [1.54, 1.807) is 6.07 Å². The maximum atomic E-state index is 12.4. The van der Waals surface area contributed by atoms with Crippen LogP contribution in [0.2, 0.25) is 0 Å². The van der Waals surface area contributed by atoms with Crippen molar-refractivity contribution in [1.29, 1.82) is 0 Å². The summed E-state index contributed by atoms with van der Waals surface area (Å²) in [4.78, 5) is 23.4. The van der Waals surface area contributed by atoms with Crippen LogP contribution in [0.5, 0.6) is 0 Å². The van der Waals surface area contributed by atoms with E-state index in [4.69, 9.17) is 9.52 Å². The van der Waals surface area contributed by atoms with Crippen LogP contribution >= 0.6 is 0 Å². The summed E-state index contributed by atoms with van der Waals surface area (Å²) in [5.74, 6) is -0.511. The van der Waals surface area contributed by atoms with Crippen molar-refractivity contribution < 1.29 is 19.1 Å². The molecule has 112 valence electrons. The molecule has 1 rings (SSSR count). The molecule has 0 bridgehead atoms. The molecular weight excluding hydrogens is 258 g/mol. The summed E-state index contributed by atoms with van der Waals surface area (Å²) in [6.07, 6.45) is 4.14. The number of hydrogen-bond acceptors (Lipinski definition) is 3. The molecule has 5 nitrogen and oxygen atoms in total. The first-order chi connectivity index (χ1) is 9.48. The van der Waals surface area contributed by atoms with Crippen molar-refractivity contribution in [2.24, 2.45) is 0 Å². The van der Waals surface area contributed by atoms with Crippen LogP contribution in [0, 0.1) is 0 Å². The van der Waals surface area contributed by atoms with Gasteiger partial charge >= 0.3 is 5.97 Å². The zero-order valence-electron chi connectivity index (χ0n) is 12.4. The number of furan rings is 1. The lowest BCUT2D eigenvalue weighted by molar-refractivity contribution is -0.138. The Labute approximate surface area is 119 Å². The lowest BCUT2D eigenvalue weighted by Crippen LogP contribution is -2.49. The normalized spacial score (nSPS) is 11.3. The smallest absolute Gasteiger partial charge is 0.305 e. The van der Waals surface area contributed by atoms with Crippen molar-refractivity contribution in [2.45, 2.75) is 58.4 Å². The van der Waals surface area contributed by atoms with Gasteiger partial charge in [-0.15, -0.1) is 0 Å². The summed E-state index contributed by atoms with van der Waals surface area (Å²) in [6, 6.07) is 1.64. The molecule has 0 aliphatic rings. The zero-order valence-corrected chi connectivity index (χ0v) is 12.4. The third-order valence-electron chi connectivity index (χ3n) is 3.69. The molecule has 0 aliphatic carbocycles. The predicted octanol–water partition coefficient (Wildman–Crippen LogP) is 3.00. The number of aliphatic carboxylic acids is 1. The highest BCUT2D eigenvalue weighted by Crippen LogP contribution is 2.22.